The molecular formula is C19H18F2N4O2. The van der Waals surface area contributed by atoms with E-state index < -0.39 is 11.6 Å². The van der Waals surface area contributed by atoms with Crippen molar-refractivity contribution in [1.82, 2.24) is 9.97 Å². The summed E-state index contributed by atoms with van der Waals surface area (Å²) in [5, 5.41) is 5.70. The molecule has 0 radical (unpaired) electrons. The smallest absolute Gasteiger partial charge is 0.229 e. The van der Waals surface area contributed by atoms with Crippen LogP contribution >= 0.6 is 0 Å². The molecule has 0 aliphatic carbocycles. The van der Waals surface area contributed by atoms with Gasteiger partial charge < -0.3 is 20.1 Å². The maximum absolute atomic E-state index is 13.9. The first-order valence-corrected chi connectivity index (χ1v) is 8.06. The summed E-state index contributed by atoms with van der Waals surface area (Å²) < 4.78 is 38.2. The van der Waals surface area contributed by atoms with Crippen molar-refractivity contribution in [3.05, 3.63) is 59.8 Å². The van der Waals surface area contributed by atoms with Crippen LogP contribution < -0.4 is 20.1 Å². The molecule has 0 spiro atoms. The molecule has 0 aliphatic rings. The van der Waals surface area contributed by atoms with Crippen molar-refractivity contribution in [2.75, 3.05) is 24.9 Å². The lowest BCUT2D eigenvalue weighted by atomic mass is 10.2. The highest BCUT2D eigenvalue weighted by atomic mass is 19.1. The maximum Gasteiger partial charge on any atom is 0.229 e. The van der Waals surface area contributed by atoms with Crippen LogP contribution in [0.3, 0.4) is 0 Å². The van der Waals surface area contributed by atoms with Crippen molar-refractivity contribution in [3.8, 4) is 11.5 Å². The molecule has 27 heavy (non-hydrogen) atoms. The third kappa shape index (κ3) is 4.22. The zero-order valence-electron chi connectivity index (χ0n) is 15.0. The molecule has 8 heteroatoms. The van der Waals surface area contributed by atoms with E-state index in [-0.39, 0.29) is 17.5 Å². The van der Waals surface area contributed by atoms with Crippen molar-refractivity contribution >= 4 is 23.1 Å². The van der Waals surface area contributed by atoms with Gasteiger partial charge in [0.05, 0.1) is 14.2 Å². The lowest BCUT2D eigenvalue weighted by Gasteiger charge is -2.12. The first-order chi connectivity index (χ1) is 13.0. The standard InChI is InChI=1S/C19H18F2N4O2/c1-11-9-17(24-18-13(20)5-4-6-14(18)21)25-19(22-11)23-12-7-8-15(26-2)16(10-12)27-3/h4-10H,1-3H3,(H2,22,23,24,25). The van der Waals surface area contributed by atoms with Crippen LogP contribution in [-0.4, -0.2) is 24.2 Å². The molecule has 0 fully saturated rings. The van der Waals surface area contributed by atoms with Gasteiger partial charge in [-0.25, -0.2) is 13.8 Å². The molecule has 0 saturated carbocycles. The lowest BCUT2D eigenvalue weighted by Crippen LogP contribution is -2.04. The third-order valence-corrected chi connectivity index (χ3v) is 3.71. The molecule has 3 aromatic rings. The molecule has 0 unspecified atom stereocenters. The highest BCUT2D eigenvalue weighted by molar-refractivity contribution is 5.63. The number of rotatable bonds is 6. The summed E-state index contributed by atoms with van der Waals surface area (Å²) in [6.07, 6.45) is 0. The second kappa shape index (κ2) is 7.86. The SMILES string of the molecule is COc1ccc(Nc2nc(C)cc(Nc3c(F)cccc3F)n2)cc1OC. The van der Waals surface area contributed by atoms with Gasteiger partial charge in [-0.2, -0.15) is 4.98 Å². The second-order valence-electron chi connectivity index (χ2n) is 5.63. The van der Waals surface area contributed by atoms with Crippen LogP contribution in [0.15, 0.2) is 42.5 Å². The summed E-state index contributed by atoms with van der Waals surface area (Å²) in [6.45, 7) is 1.75. The Hall–Kier alpha value is -3.42. The van der Waals surface area contributed by atoms with Gasteiger partial charge in [-0.05, 0) is 31.2 Å². The van der Waals surface area contributed by atoms with Gasteiger partial charge in [0.15, 0.2) is 11.5 Å². The van der Waals surface area contributed by atoms with E-state index in [4.69, 9.17) is 9.47 Å². The Labute approximate surface area is 155 Å². The van der Waals surface area contributed by atoms with Gasteiger partial charge >= 0.3 is 0 Å². The van der Waals surface area contributed by atoms with Crippen molar-refractivity contribution in [1.29, 1.82) is 0 Å². The van der Waals surface area contributed by atoms with Crippen molar-refractivity contribution in [2.45, 2.75) is 6.92 Å². The molecule has 0 amide bonds. The Morgan fingerprint density at radius 3 is 2.22 bits per heavy atom. The molecule has 1 heterocycles. The van der Waals surface area contributed by atoms with Gasteiger partial charge in [-0.1, -0.05) is 6.07 Å². The molecule has 6 nitrogen and oxygen atoms in total. The highest BCUT2D eigenvalue weighted by Gasteiger charge is 2.11. The predicted octanol–water partition coefficient (Wildman–Crippen LogP) is 4.57. The van der Waals surface area contributed by atoms with Crippen LogP contribution in [0.5, 0.6) is 11.5 Å². The first kappa shape index (κ1) is 18.4. The minimum atomic E-state index is -0.708. The molecule has 0 saturated heterocycles. The van der Waals surface area contributed by atoms with Crippen LogP contribution in [0.2, 0.25) is 0 Å². The van der Waals surface area contributed by atoms with Gasteiger partial charge in [0, 0.05) is 23.5 Å². The quantitative estimate of drug-likeness (QED) is 0.661. The molecule has 0 bridgehead atoms. The molecule has 1 aromatic heterocycles. The monoisotopic (exact) mass is 372 g/mol. The van der Waals surface area contributed by atoms with Gasteiger partial charge in [-0.3, -0.25) is 0 Å². The number of aromatic nitrogens is 2. The number of methoxy groups -OCH3 is 2. The van der Waals surface area contributed by atoms with Crippen molar-refractivity contribution in [3.63, 3.8) is 0 Å². The topological polar surface area (TPSA) is 68.3 Å². The molecule has 3 rings (SSSR count). The summed E-state index contributed by atoms with van der Waals surface area (Å²) in [7, 11) is 3.09. The summed E-state index contributed by atoms with van der Waals surface area (Å²) >= 11 is 0. The van der Waals surface area contributed by atoms with Crippen LogP contribution in [0.1, 0.15) is 5.69 Å². The number of halogens is 2. The average Bonchev–Trinajstić information content (AvgIpc) is 2.64. The van der Waals surface area contributed by atoms with E-state index in [0.717, 1.165) is 0 Å². The summed E-state index contributed by atoms with van der Waals surface area (Å²) in [6, 6.07) is 10.5. The Morgan fingerprint density at radius 2 is 1.56 bits per heavy atom. The van der Waals surface area contributed by atoms with Crippen molar-refractivity contribution in [2.24, 2.45) is 0 Å². The number of aryl methyl sites for hydroxylation is 1. The minimum absolute atomic E-state index is 0.259. The molecular weight excluding hydrogens is 354 g/mol. The Morgan fingerprint density at radius 1 is 0.852 bits per heavy atom. The normalized spacial score (nSPS) is 10.4. The van der Waals surface area contributed by atoms with E-state index >= 15 is 0 Å². The fraction of sp³-hybridized carbons (Fsp3) is 0.158. The Bertz CT molecular complexity index is 946. The molecule has 2 aromatic carbocycles. The van der Waals surface area contributed by atoms with Crippen LogP contribution in [-0.2, 0) is 0 Å². The molecule has 0 atom stereocenters. The first-order valence-electron chi connectivity index (χ1n) is 8.06. The number of hydrogen-bond acceptors (Lipinski definition) is 6. The van der Waals surface area contributed by atoms with Crippen LogP contribution in [0, 0.1) is 18.6 Å². The van der Waals surface area contributed by atoms with Gasteiger partial charge in [0.25, 0.3) is 0 Å². The third-order valence-electron chi connectivity index (χ3n) is 3.71. The number of benzene rings is 2. The fourth-order valence-electron chi connectivity index (χ4n) is 2.48. The molecule has 2 N–H and O–H groups in total. The van der Waals surface area contributed by atoms with Crippen molar-refractivity contribution < 1.29 is 18.3 Å². The summed E-state index contributed by atoms with van der Waals surface area (Å²) in [5.74, 6) is 0.241. The van der Waals surface area contributed by atoms with E-state index in [1.165, 1.54) is 25.3 Å². The number of para-hydroxylation sites is 1. The van der Waals surface area contributed by atoms with Gasteiger partial charge in [0.2, 0.25) is 5.95 Å². The number of nitrogens with one attached hydrogen (secondary N) is 2. The summed E-state index contributed by atoms with van der Waals surface area (Å²) in [5.41, 5.74) is 1.01. The van der Waals surface area contributed by atoms with Crippen LogP contribution in [0.25, 0.3) is 0 Å². The minimum Gasteiger partial charge on any atom is -0.493 e. The predicted molar refractivity (Wildman–Crippen MR) is 99.2 cm³/mol. The zero-order chi connectivity index (χ0) is 19.4. The van der Waals surface area contributed by atoms with E-state index in [1.807, 2.05) is 0 Å². The average molecular weight is 372 g/mol. The number of hydrogen-bond donors (Lipinski definition) is 2. The van der Waals surface area contributed by atoms with E-state index in [9.17, 15) is 8.78 Å². The Kier molecular flexibility index (Phi) is 5.35. The largest absolute Gasteiger partial charge is 0.493 e. The van der Waals surface area contributed by atoms with Gasteiger partial charge in [-0.15, -0.1) is 0 Å². The van der Waals surface area contributed by atoms with Gasteiger partial charge in [0.1, 0.15) is 23.1 Å². The van der Waals surface area contributed by atoms with E-state index in [1.54, 1.807) is 38.3 Å². The molecule has 140 valence electrons. The fourth-order valence-corrected chi connectivity index (χ4v) is 2.48. The Balaban J connectivity index is 1.88. The summed E-state index contributed by atoms with van der Waals surface area (Å²) in [4.78, 5) is 8.56. The maximum atomic E-state index is 13.9. The zero-order valence-corrected chi connectivity index (χ0v) is 15.0. The highest BCUT2D eigenvalue weighted by Crippen LogP contribution is 2.31. The number of anilines is 4. The molecule has 0 aliphatic heterocycles. The van der Waals surface area contributed by atoms with Crippen LogP contribution in [0.4, 0.5) is 31.9 Å². The van der Waals surface area contributed by atoms with E-state index in [0.29, 0.717) is 22.9 Å². The lowest BCUT2D eigenvalue weighted by molar-refractivity contribution is 0.355. The number of nitrogens with zero attached hydrogens (tertiary/aromatic N) is 2. The second-order valence-corrected chi connectivity index (χ2v) is 5.63. The van der Waals surface area contributed by atoms with E-state index in [2.05, 4.69) is 20.6 Å². The number of ether oxygens (including phenoxy) is 2.